The van der Waals surface area contributed by atoms with Crippen LogP contribution in [0.5, 0.6) is 0 Å². The molecule has 0 aromatic heterocycles. The van der Waals surface area contributed by atoms with E-state index in [4.69, 9.17) is 33.2 Å². The Kier molecular flexibility index (Phi) is 5.86. The average Bonchev–Trinajstić information content (AvgIpc) is 1.57. The van der Waals surface area contributed by atoms with Crippen LogP contribution in [0.2, 0.25) is 6.04 Å². The minimum Gasteiger partial charge on any atom is -0.126 e. The van der Waals surface area contributed by atoms with Crippen molar-refractivity contribution in [1.29, 1.82) is 0 Å². The third-order valence-electron chi connectivity index (χ3n) is 0.692. The molecule has 0 atom stereocenters. The largest absolute Gasteiger partial charge is 0.341 e. The van der Waals surface area contributed by atoms with Gasteiger partial charge in [0.05, 0.1) is 0 Å². The first kappa shape index (κ1) is 12.5. The smallest absolute Gasteiger partial charge is 0.126 e. The molecule has 0 heterocycles. The van der Waals surface area contributed by atoms with Gasteiger partial charge in [0.1, 0.15) is 2.14 Å². The fraction of sp³-hybridized carbons (Fsp3) is 1.00. The zero-order valence-corrected chi connectivity index (χ0v) is 12.7. The van der Waals surface area contributed by atoms with Gasteiger partial charge in [-0.3, -0.25) is 0 Å². The van der Waals surface area contributed by atoms with E-state index in [1.807, 2.05) is 0 Å². The highest BCUT2D eigenvalue weighted by Crippen LogP contribution is 2.41. The van der Waals surface area contributed by atoms with Gasteiger partial charge >= 0.3 is 6.00 Å². The molecule has 0 spiro atoms. The predicted molar refractivity (Wildman–Crippen MR) is 62.2 cm³/mol. The van der Waals surface area contributed by atoms with Crippen molar-refractivity contribution in [2.24, 2.45) is 0 Å². The molecule has 0 aliphatic rings. The molecule has 0 unspecified atom stereocenters. The summed E-state index contributed by atoms with van der Waals surface area (Å²) < 4.78 is -0.274. The van der Waals surface area contributed by atoms with E-state index in [0.717, 1.165) is 6.42 Å². The van der Waals surface area contributed by atoms with Crippen molar-refractivity contribution in [3.8, 4) is 0 Å². The first-order valence-electron chi connectivity index (χ1n) is 2.34. The summed E-state index contributed by atoms with van der Waals surface area (Å²) in [5.41, 5.74) is 0. The molecule has 0 radical (unpaired) electrons. The molecule has 0 saturated carbocycles. The van der Waals surface area contributed by atoms with Gasteiger partial charge in [-0.25, -0.2) is 0 Å². The maximum absolute atomic E-state index is 5.65. The molecule has 10 heavy (non-hydrogen) atoms. The molecule has 0 saturated heterocycles. The van der Waals surface area contributed by atoms with Crippen LogP contribution in [0, 0.1) is 0 Å². The molecule has 62 valence electrons. The van der Waals surface area contributed by atoms with Gasteiger partial charge < -0.3 is 0 Å². The summed E-state index contributed by atoms with van der Waals surface area (Å²) in [5.74, 6) is 0. The highest BCUT2D eigenvalue weighted by atomic mass is 80.0. The third kappa shape index (κ3) is 10.5. The second kappa shape index (κ2) is 4.68. The quantitative estimate of drug-likeness (QED) is 0.344. The monoisotopic (exact) mass is 410 g/mol. The van der Waals surface area contributed by atoms with Crippen molar-refractivity contribution in [1.82, 2.24) is 0 Å². The molecule has 0 fully saturated rings. The Morgan fingerprint density at radius 2 is 1.50 bits per heavy atom. The summed E-state index contributed by atoms with van der Waals surface area (Å²) in [6.45, 7) is 0. The van der Waals surface area contributed by atoms with Crippen molar-refractivity contribution in [2.45, 2.75) is 14.6 Å². The van der Waals surface area contributed by atoms with E-state index in [1.165, 1.54) is 0 Å². The Morgan fingerprint density at radius 3 is 1.60 bits per heavy atom. The van der Waals surface area contributed by atoms with Gasteiger partial charge in [-0.15, -0.1) is 33.2 Å². The van der Waals surface area contributed by atoms with E-state index in [2.05, 4.69) is 47.8 Å². The van der Waals surface area contributed by atoms with Crippen LogP contribution in [-0.2, 0) is 0 Å². The lowest BCUT2D eigenvalue weighted by atomic mass is 10.6. The van der Waals surface area contributed by atoms with Crippen LogP contribution in [0.1, 0.15) is 6.42 Å². The average molecular weight is 414 g/mol. The molecule has 0 N–H and O–H groups in total. The van der Waals surface area contributed by atoms with Crippen LogP contribution in [0.25, 0.3) is 0 Å². The van der Waals surface area contributed by atoms with E-state index < -0.39 is 6.00 Å². The normalized spacial score (nSPS) is 13.8. The predicted octanol–water partition coefficient (Wildman–Crippen LogP) is 4.87. The Hall–Kier alpha value is 2.53. The van der Waals surface area contributed by atoms with E-state index in [0.29, 0.717) is 6.04 Å². The van der Waals surface area contributed by atoms with Crippen molar-refractivity contribution in [2.75, 3.05) is 0 Å². The minimum atomic E-state index is -2.44. The number of hydrogen-bond acceptors (Lipinski definition) is 0. The summed E-state index contributed by atoms with van der Waals surface area (Å²) >= 11 is 26.9. The van der Waals surface area contributed by atoms with Crippen molar-refractivity contribution >= 4 is 87.0 Å². The summed E-state index contributed by atoms with van der Waals surface area (Å²) in [7, 11) is 0. The SMILES string of the molecule is Cl[Si](Cl)(Cl)CCC(Br)(Br)Br. The Labute approximate surface area is 100 Å². The maximum Gasteiger partial charge on any atom is 0.341 e. The third-order valence-corrected chi connectivity index (χ3v) is 4.40. The topological polar surface area (TPSA) is 0 Å². The summed E-state index contributed by atoms with van der Waals surface area (Å²) in [5, 5.41) is 0. The zero-order valence-electron chi connectivity index (χ0n) is 4.68. The van der Waals surface area contributed by atoms with Gasteiger partial charge in [0.25, 0.3) is 0 Å². The molecule has 0 nitrogen and oxygen atoms in total. The van der Waals surface area contributed by atoms with Crippen LogP contribution in [0.3, 0.4) is 0 Å². The van der Waals surface area contributed by atoms with Crippen LogP contribution in [-0.4, -0.2) is 8.15 Å². The van der Waals surface area contributed by atoms with E-state index in [9.17, 15) is 0 Å². The van der Waals surface area contributed by atoms with Crippen LogP contribution in [0.4, 0.5) is 0 Å². The van der Waals surface area contributed by atoms with Crippen molar-refractivity contribution in [3.05, 3.63) is 0 Å². The molecule has 0 aromatic rings. The summed E-state index contributed by atoms with van der Waals surface area (Å²) in [4.78, 5) is 0. The lowest BCUT2D eigenvalue weighted by Crippen LogP contribution is -2.12. The molecule has 0 aromatic carbocycles. The first-order valence-corrected chi connectivity index (χ1v) is 9.96. The Morgan fingerprint density at radius 1 is 1.10 bits per heavy atom. The lowest BCUT2D eigenvalue weighted by molar-refractivity contribution is 1.04. The van der Waals surface area contributed by atoms with Crippen molar-refractivity contribution in [3.63, 3.8) is 0 Å². The Bertz CT molecular complexity index is 92.5. The second-order valence-electron chi connectivity index (χ2n) is 1.73. The van der Waals surface area contributed by atoms with Crippen LogP contribution >= 0.6 is 81.0 Å². The van der Waals surface area contributed by atoms with Crippen LogP contribution in [0.15, 0.2) is 0 Å². The lowest BCUT2D eigenvalue weighted by Gasteiger charge is -2.13. The standard InChI is InChI=1S/C3H4Br3Cl3Si/c4-3(5,6)1-2-10(7,8)9/h1-2H2. The van der Waals surface area contributed by atoms with E-state index in [-0.39, 0.29) is 2.14 Å². The maximum atomic E-state index is 5.65. The van der Waals surface area contributed by atoms with Crippen molar-refractivity contribution < 1.29 is 0 Å². The fourth-order valence-electron chi connectivity index (χ4n) is 0.283. The van der Waals surface area contributed by atoms with Gasteiger partial charge in [0, 0.05) is 0 Å². The zero-order chi connectivity index (χ0) is 8.41. The fourth-order valence-corrected chi connectivity index (χ4v) is 3.49. The molecule has 0 bridgehead atoms. The number of hydrogen-bond donors (Lipinski definition) is 0. The number of rotatable bonds is 2. The molecule has 0 amide bonds. The van der Waals surface area contributed by atoms with Gasteiger partial charge in [0.2, 0.25) is 0 Å². The summed E-state index contributed by atoms with van der Waals surface area (Å²) in [6, 6.07) is -1.82. The van der Waals surface area contributed by atoms with E-state index >= 15 is 0 Å². The van der Waals surface area contributed by atoms with Gasteiger partial charge in [-0.1, -0.05) is 47.8 Å². The number of alkyl halides is 3. The van der Waals surface area contributed by atoms with E-state index in [1.54, 1.807) is 0 Å². The number of halogens is 6. The minimum absolute atomic E-state index is 0.274. The summed E-state index contributed by atoms with van der Waals surface area (Å²) in [6.07, 6.45) is 0.746. The van der Waals surface area contributed by atoms with Gasteiger partial charge in [-0.05, 0) is 12.5 Å². The molecular weight excluding hydrogens is 410 g/mol. The van der Waals surface area contributed by atoms with Gasteiger partial charge in [0.15, 0.2) is 0 Å². The van der Waals surface area contributed by atoms with Crippen LogP contribution < -0.4 is 0 Å². The Balaban J connectivity index is 3.56. The molecule has 0 aliphatic carbocycles. The second-order valence-corrected chi connectivity index (χ2v) is 18.3. The van der Waals surface area contributed by atoms with Gasteiger partial charge in [-0.2, -0.15) is 0 Å². The molecule has 0 rings (SSSR count). The molecular formula is C3H4Br3Cl3Si. The highest BCUT2D eigenvalue weighted by molar-refractivity contribution is 9.39. The first-order chi connectivity index (χ1) is 4.21. The molecule has 0 aliphatic heterocycles. The highest BCUT2D eigenvalue weighted by Gasteiger charge is 2.29. The molecule has 7 heteroatoms.